The van der Waals surface area contributed by atoms with Gasteiger partial charge in [-0.25, -0.2) is 0 Å². The van der Waals surface area contributed by atoms with Crippen molar-refractivity contribution < 1.29 is 18.6 Å². The molecule has 4 nitrogen and oxygen atoms in total. The molecule has 7 aromatic carbocycles. The number of aryl methyl sites for hydroxylation is 2. The summed E-state index contributed by atoms with van der Waals surface area (Å²) >= 11 is 0. The van der Waals surface area contributed by atoms with Gasteiger partial charge in [-0.15, -0.1) is 0 Å². The maximum Gasteiger partial charge on any atom is 0.292 e. The van der Waals surface area contributed by atoms with Gasteiger partial charge in [0.2, 0.25) is 11.4 Å². The van der Waals surface area contributed by atoms with Crippen LogP contribution in [0.1, 0.15) is 45.4 Å². The number of rotatable bonds is 5. The van der Waals surface area contributed by atoms with E-state index in [1.165, 1.54) is 49.7 Å². The molecule has 0 saturated heterocycles. The third kappa shape index (κ3) is 7.50. The first-order valence-electron chi connectivity index (χ1n) is 19.6. The lowest BCUT2D eigenvalue weighted by atomic mass is 9.94. The Kier molecular flexibility index (Phi) is 9.99. The summed E-state index contributed by atoms with van der Waals surface area (Å²) in [6, 6.07) is 59.6. The van der Waals surface area contributed by atoms with E-state index in [9.17, 15) is 0 Å². The van der Waals surface area contributed by atoms with Crippen LogP contribution in [0.2, 0.25) is 0 Å². The number of allylic oxidation sites excluding steroid dienone is 5. The Labute approximate surface area is 334 Å². The maximum absolute atomic E-state index is 6.35. The molecule has 7 aromatic rings. The normalized spacial score (nSPS) is 14.6. The molecule has 4 heteroatoms. The Balaban J connectivity index is 0.000000170. The second-order valence-corrected chi connectivity index (χ2v) is 14.6. The van der Waals surface area contributed by atoms with E-state index in [2.05, 4.69) is 217 Å². The summed E-state index contributed by atoms with van der Waals surface area (Å²) in [6.07, 6.45) is 9.99. The fourth-order valence-electron chi connectivity index (χ4n) is 7.89. The lowest BCUT2D eigenvalue weighted by Gasteiger charge is -2.19. The number of hydrogen-bond donors (Lipinski definition) is 0. The van der Waals surface area contributed by atoms with Gasteiger partial charge in [-0.2, -0.15) is 9.15 Å². The molecule has 2 heterocycles. The van der Waals surface area contributed by atoms with Gasteiger partial charge in [-0.3, -0.25) is 0 Å². The van der Waals surface area contributed by atoms with Crippen molar-refractivity contribution in [3.8, 4) is 11.5 Å². The largest absolute Gasteiger partial charge is 0.435 e. The third-order valence-electron chi connectivity index (χ3n) is 10.8. The number of fused-ring (bicyclic) bond motifs is 3. The summed E-state index contributed by atoms with van der Waals surface area (Å²) in [5.41, 5.74) is 14.2. The first kappa shape index (κ1) is 35.6. The van der Waals surface area contributed by atoms with Crippen molar-refractivity contribution in [2.45, 2.75) is 20.3 Å². The van der Waals surface area contributed by atoms with E-state index in [0.717, 1.165) is 46.0 Å². The molecule has 0 spiro atoms. The van der Waals surface area contributed by atoms with Crippen LogP contribution in [0.15, 0.2) is 188 Å². The van der Waals surface area contributed by atoms with Crippen LogP contribution < -0.4 is 9.47 Å². The van der Waals surface area contributed by atoms with Crippen LogP contribution in [0.4, 0.5) is 5.69 Å². The highest BCUT2D eigenvalue weighted by Gasteiger charge is 2.31. The van der Waals surface area contributed by atoms with Gasteiger partial charge in [0.1, 0.15) is 11.5 Å². The van der Waals surface area contributed by atoms with Crippen LogP contribution in [0, 0.1) is 13.8 Å². The van der Waals surface area contributed by atoms with Crippen LogP contribution in [-0.2, 0) is 0 Å². The minimum atomic E-state index is 0.461. The van der Waals surface area contributed by atoms with Gasteiger partial charge in [0.25, 0.3) is 13.5 Å². The summed E-state index contributed by atoms with van der Waals surface area (Å²) in [5, 5.41) is 2.51. The van der Waals surface area contributed by atoms with E-state index in [0.29, 0.717) is 13.5 Å². The number of benzene rings is 7. The monoisotopic (exact) mass is 740 g/mol. The molecule has 57 heavy (non-hydrogen) atoms. The number of ether oxygens (including phenoxy) is 2. The molecule has 0 radical (unpaired) electrons. The Morgan fingerprint density at radius 2 is 1.02 bits per heavy atom. The number of nitrogens with zero attached hydrogens (tertiary/aromatic N) is 2. The van der Waals surface area contributed by atoms with Gasteiger partial charge in [-0.1, -0.05) is 146 Å². The van der Waals surface area contributed by atoms with Gasteiger partial charge in [-0.05, 0) is 88.7 Å². The first-order chi connectivity index (χ1) is 28.1. The molecule has 0 amide bonds. The molecule has 0 aromatic heterocycles. The number of para-hydroxylation sites is 2. The zero-order valence-corrected chi connectivity index (χ0v) is 32.3. The standard InChI is InChI=1S/C34H28NO.C19H16NO/c1-25-12-11-19-30-23-35(24-36-34(25)30)33-31(27-15-7-3-8-16-27)21-20-29(26-13-5-2-6-14-26)22-32(33)28-17-9-4-10-18-28;1-14-5-4-8-17-12-20(13-21-19(14)17)18-10-9-15-6-2-3-7-16(15)11-18/h2-19,21-23H,20,24H2,1H3;2-12H,13H2,1H3/q2*+1. The lowest BCUT2D eigenvalue weighted by molar-refractivity contribution is -0.502. The van der Waals surface area contributed by atoms with Gasteiger partial charge in [0.05, 0.1) is 22.3 Å². The molecule has 1 aliphatic carbocycles. The second-order valence-electron chi connectivity index (χ2n) is 14.6. The SMILES string of the molecule is Cc1cccc2c1OC[N+](C1=C(c3ccccc3)C=C(c3ccccc3)CC=C1c1ccccc1)=C2.Cc1cccc2c1OC[N+](c1ccc3ccccc3c1)=C2. The summed E-state index contributed by atoms with van der Waals surface area (Å²) < 4.78 is 16.7. The third-order valence-corrected chi connectivity index (χ3v) is 10.8. The van der Waals surface area contributed by atoms with E-state index in [1.54, 1.807) is 0 Å². The molecular formula is C53H44N2O2+2. The van der Waals surface area contributed by atoms with Crippen LogP contribution in [0.25, 0.3) is 27.5 Å². The Morgan fingerprint density at radius 3 is 1.67 bits per heavy atom. The summed E-state index contributed by atoms with van der Waals surface area (Å²) in [6.45, 7) is 5.20. The van der Waals surface area contributed by atoms with Gasteiger partial charge in [0.15, 0.2) is 12.4 Å². The van der Waals surface area contributed by atoms with Crippen molar-refractivity contribution in [2.75, 3.05) is 13.5 Å². The van der Waals surface area contributed by atoms with Crippen LogP contribution in [0.5, 0.6) is 11.5 Å². The Morgan fingerprint density at radius 1 is 0.474 bits per heavy atom. The molecule has 0 unspecified atom stereocenters. The van der Waals surface area contributed by atoms with Crippen molar-refractivity contribution >= 4 is 45.6 Å². The predicted octanol–water partition coefficient (Wildman–Crippen LogP) is 12.0. The van der Waals surface area contributed by atoms with Gasteiger partial charge < -0.3 is 9.47 Å². The van der Waals surface area contributed by atoms with Crippen molar-refractivity contribution in [1.82, 2.24) is 0 Å². The van der Waals surface area contributed by atoms with E-state index in [-0.39, 0.29) is 0 Å². The topological polar surface area (TPSA) is 24.5 Å². The highest BCUT2D eigenvalue weighted by Crippen LogP contribution is 2.39. The Hall–Kier alpha value is -7.04. The molecule has 276 valence electrons. The average Bonchev–Trinajstić information content (AvgIpc) is 3.48. The van der Waals surface area contributed by atoms with Crippen molar-refractivity contribution in [1.29, 1.82) is 0 Å². The molecule has 0 N–H and O–H groups in total. The highest BCUT2D eigenvalue weighted by molar-refractivity contribution is 5.97. The zero-order chi connectivity index (χ0) is 38.6. The summed E-state index contributed by atoms with van der Waals surface area (Å²) in [4.78, 5) is 0. The first-order valence-corrected chi connectivity index (χ1v) is 19.6. The molecule has 0 atom stereocenters. The summed E-state index contributed by atoms with van der Waals surface area (Å²) in [7, 11) is 0. The molecular weight excluding hydrogens is 697 g/mol. The molecule has 0 saturated carbocycles. The van der Waals surface area contributed by atoms with E-state index >= 15 is 0 Å². The quantitative estimate of drug-likeness (QED) is 0.164. The predicted molar refractivity (Wildman–Crippen MR) is 235 cm³/mol. The van der Waals surface area contributed by atoms with Gasteiger partial charge in [0, 0.05) is 12.1 Å². The maximum atomic E-state index is 6.35. The smallest absolute Gasteiger partial charge is 0.292 e. The summed E-state index contributed by atoms with van der Waals surface area (Å²) in [5.74, 6) is 1.96. The van der Waals surface area contributed by atoms with Crippen molar-refractivity contribution in [2.24, 2.45) is 0 Å². The zero-order valence-electron chi connectivity index (χ0n) is 32.3. The van der Waals surface area contributed by atoms with Gasteiger partial charge >= 0.3 is 0 Å². The molecule has 0 fully saturated rings. The highest BCUT2D eigenvalue weighted by atomic mass is 16.5. The molecule has 2 aliphatic heterocycles. The fraction of sp³-hybridized carbons (Fsp3) is 0.0943. The minimum Gasteiger partial charge on any atom is -0.435 e. The van der Waals surface area contributed by atoms with E-state index in [1.807, 2.05) is 0 Å². The van der Waals surface area contributed by atoms with Crippen LogP contribution in [0.3, 0.4) is 0 Å². The van der Waals surface area contributed by atoms with Crippen LogP contribution in [-0.4, -0.2) is 35.0 Å². The van der Waals surface area contributed by atoms with Crippen LogP contribution >= 0.6 is 0 Å². The lowest BCUT2D eigenvalue weighted by Crippen LogP contribution is -2.26. The van der Waals surface area contributed by atoms with E-state index < -0.39 is 0 Å². The number of hydrogen-bond acceptors (Lipinski definition) is 2. The van der Waals surface area contributed by atoms with Crippen molar-refractivity contribution in [3.05, 3.63) is 227 Å². The Bertz CT molecular complexity index is 2760. The fourth-order valence-corrected chi connectivity index (χ4v) is 7.89. The van der Waals surface area contributed by atoms with Crippen molar-refractivity contribution in [3.63, 3.8) is 0 Å². The minimum absolute atomic E-state index is 0.461. The molecule has 3 aliphatic rings. The van der Waals surface area contributed by atoms with E-state index in [4.69, 9.17) is 9.47 Å². The average molecular weight is 741 g/mol. The second kappa shape index (κ2) is 16.0. The molecule has 0 bridgehead atoms. The molecule has 10 rings (SSSR count).